The van der Waals surface area contributed by atoms with Gasteiger partial charge in [0.15, 0.2) is 6.29 Å². The Labute approximate surface area is 130 Å². The number of rotatable bonds is 10. The summed E-state index contributed by atoms with van der Waals surface area (Å²) < 4.78 is 11.6. The molecule has 1 aromatic carbocycles. The van der Waals surface area contributed by atoms with Crippen LogP contribution in [0.5, 0.6) is 0 Å². The average molecular weight is 293 g/mol. The van der Waals surface area contributed by atoms with Gasteiger partial charge < -0.3 is 14.8 Å². The second-order valence-corrected chi connectivity index (χ2v) is 5.54. The molecule has 21 heavy (non-hydrogen) atoms. The van der Waals surface area contributed by atoms with E-state index in [1.807, 2.05) is 13.8 Å². The molecule has 3 nitrogen and oxygen atoms in total. The van der Waals surface area contributed by atoms with Gasteiger partial charge in [-0.2, -0.15) is 0 Å². The molecule has 0 bridgehead atoms. The number of benzene rings is 1. The van der Waals surface area contributed by atoms with Crippen molar-refractivity contribution < 1.29 is 9.47 Å². The maximum Gasteiger partial charge on any atom is 0.172 e. The summed E-state index contributed by atoms with van der Waals surface area (Å²) in [5.74, 6) is 0. The first kappa shape index (κ1) is 18.1. The molecule has 0 aliphatic carbocycles. The van der Waals surface area contributed by atoms with Gasteiger partial charge in [0.25, 0.3) is 0 Å². The molecule has 0 spiro atoms. The molecule has 1 N–H and O–H groups in total. The lowest BCUT2D eigenvalue weighted by atomic mass is 10.0. The SMILES string of the molecule is CCCNC(Cc1cc(C)cc(C)c1)C(OCC)OCC. The van der Waals surface area contributed by atoms with Crippen molar-refractivity contribution in [2.24, 2.45) is 0 Å². The fraction of sp³-hybridized carbons (Fsp3) is 0.667. The summed E-state index contributed by atoms with van der Waals surface area (Å²) in [6.07, 6.45) is 1.84. The van der Waals surface area contributed by atoms with Crippen molar-refractivity contribution in [1.29, 1.82) is 0 Å². The first-order valence-corrected chi connectivity index (χ1v) is 8.14. The zero-order chi connectivity index (χ0) is 15.7. The minimum atomic E-state index is -0.188. The van der Waals surface area contributed by atoms with Crippen LogP contribution in [0.3, 0.4) is 0 Å². The molecule has 0 heterocycles. The van der Waals surface area contributed by atoms with E-state index >= 15 is 0 Å². The van der Waals surface area contributed by atoms with Gasteiger partial charge in [-0.05, 0) is 52.6 Å². The Hall–Kier alpha value is -0.900. The second-order valence-electron chi connectivity index (χ2n) is 5.54. The lowest BCUT2D eigenvalue weighted by Gasteiger charge is -2.28. The quantitative estimate of drug-likeness (QED) is 0.668. The van der Waals surface area contributed by atoms with Gasteiger partial charge >= 0.3 is 0 Å². The van der Waals surface area contributed by atoms with Crippen LogP contribution < -0.4 is 5.32 Å². The van der Waals surface area contributed by atoms with Gasteiger partial charge in [-0.1, -0.05) is 36.2 Å². The van der Waals surface area contributed by atoms with Crippen LogP contribution in [0, 0.1) is 13.8 Å². The van der Waals surface area contributed by atoms with Crippen molar-refractivity contribution in [3.8, 4) is 0 Å². The Morgan fingerprint density at radius 2 is 1.52 bits per heavy atom. The first-order valence-electron chi connectivity index (χ1n) is 8.14. The van der Waals surface area contributed by atoms with Gasteiger partial charge in [0.2, 0.25) is 0 Å². The van der Waals surface area contributed by atoms with Crippen LogP contribution in [0.4, 0.5) is 0 Å². The van der Waals surface area contributed by atoms with Crippen molar-refractivity contribution in [3.05, 3.63) is 34.9 Å². The van der Waals surface area contributed by atoms with E-state index in [0.29, 0.717) is 13.2 Å². The number of ether oxygens (including phenoxy) is 2. The van der Waals surface area contributed by atoms with Gasteiger partial charge in [-0.15, -0.1) is 0 Å². The highest BCUT2D eigenvalue weighted by Crippen LogP contribution is 2.14. The molecule has 120 valence electrons. The summed E-state index contributed by atoms with van der Waals surface area (Å²) in [4.78, 5) is 0. The molecule has 0 amide bonds. The van der Waals surface area contributed by atoms with Crippen molar-refractivity contribution in [2.75, 3.05) is 19.8 Å². The van der Waals surface area contributed by atoms with Crippen LogP contribution >= 0.6 is 0 Å². The smallest absolute Gasteiger partial charge is 0.172 e. The zero-order valence-corrected chi connectivity index (χ0v) is 14.2. The first-order chi connectivity index (χ1) is 10.1. The van der Waals surface area contributed by atoms with E-state index < -0.39 is 0 Å². The van der Waals surface area contributed by atoms with E-state index in [2.05, 4.69) is 44.3 Å². The molecule has 0 aromatic heterocycles. The average Bonchev–Trinajstić information content (AvgIpc) is 2.42. The lowest BCUT2D eigenvalue weighted by molar-refractivity contribution is -0.153. The van der Waals surface area contributed by atoms with Crippen LogP contribution in [0.25, 0.3) is 0 Å². The summed E-state index contributed by atoms with van der Waals surface area (Å²) in [5.41, 5.74) is 3.96. The molecule has 0 saturated heterocycles. The minimum Gasteiger partial charge on any atom is -0.351 e. The molecular formula is C18H31NO2. The fourth-order valence-electron chi connectivity index (χ4n) is 2.64. The molecule has 3 heteroatoms. The van der Waals surface area contributed by atoms with Crippen LogP contribution in [-0.2, 0) is 15.9 Å². The topological polar surface area (TPSA) is 30.5 Å². The summed E-state index contributed by atoms with van der Waals surface area (Å²) in [6, 6.07) is 6.90. The number of hydrogen-bond acceptors (Lipinski definition) is 3. The maximum atomic E-state index is 5.79. The van der Waals surface area contributed by atoms with E-state index in [9.17, 15) is 0 Å². The molecule has 1 unspecified atom stereocenters. The largest absolute Gasteiger partial charge is 0.351 e. The van der Waals surface area contributed by atoms with Gasteiger partial charge in [0.05, 0.1) is 6.04 Å². The third-order valence-electron chi connectivity index (χ3n) is 3.38. The molecule has 0 saturated carbocycles. The van der Waals surface area contributed by atoms with E-state index in [1.165, 1.54) is 16.7 Å². The summed E-state index contributed by atoms with van der Waals surface area (Å²) in [6.45, 7) is 12.8. The van der Waals surface area contributed by atoms with Gasteiger partial charge in [-0.3, -0.25) is 0 Å². The molecule has 1 rings (SSSR count). The number of aryl methyl sites for hydroxylation is 2. The number of hydrogen-bond donors (Lipinski definition) is 1. The highest BCUT2D eigenvalue weighted by atomic mass is 16.7. The molecular weight excluding hydrogens is 262 g/mol. The standard InChI is InChI=1S/C18H31NO2/c1-6-9-19-17(18(20-7-2)21-8-3)13-16-11-14(4)10-15(5)12-16/h10-12,17-19H,6-9,13H2,1-5H3. The van der Waals surface area contributed by atoms with Gasteiger partial charge in [0.1, 0.15) is 0 Å². The minimum absolute atomic E-state index is 0.186. The normalized spacial score (nSPS) is 12.9. The summed E-state index contributed by atoms with van der Waals surface area (Å²) >= 11 is 0. The van der Waals surface area contributed by atoms with Crippen LogP contribution in [-0.4, -0.2) is 32.1 Å². The zero-order valence-electron chi connectivity index (χ0n) is 14.2. The maximum absolute atomic E-state index is 5.79. The van der Waals surface area contributed by atoms with E-state index in [0.717, 1.165) is 19.4 Å². The highest BCUT2D eigenvalue weighted by molar-refractivity contribution is 5.29. The van der Waals surface area contributed by atoms with Crippen molar-refractivity contribution >= 4 is 0 Å². The molecule has 0 radical (unpaired) electrons. The van der Waals surface area contributed by atoms with Crippen molar-refractivity contribution in [2.45, 2.75) is 59.8 Å². The van der Waals surface area contributed by atoms with Gasteiger partial charge in [0, 0.05) is 13.2 Å². The molecule has 0 aliphatic heterocycles. The molecule has 1 atom stereocenters. The van der Waals surface area contributed by atoms with Crippen molar-refractivity contribution in [3.63, 3.8) is 0 Å². The third-order valence-corrected chi connectivity index (χ3v) is 3.38. The Bertz CT molecular complexity index is 380. The number of nitrogens with one attached hydrogen (secondary N) is 1. The fourth-order valence-corrected chi connectivity index (χ4v) is 2.64. The monoisotopic (exact) mass is 293 g/mol. The highest BCUT2D eigenvalue weighted by Gasteiger charge is 2.22. The predicted octanol–water partition coefficient (Wildman–Crippen LogP) is 3.61. The Kier molecular flexibility index (Phi) is 8.58. The summed E-state index contributed by atoms with van der Waals surface area (Å²) in [7, 11) is 0. The van der Waals surface area contributed by atoms with Crippen molar-refractivity contribution in [1.82, 2.24) is 5.32 Å². The molecule has 0 fully saturated rings. The Morgan fingerprint density at radius 3 is 2.00 bits per heavy atom. The Balaban J connectivity index is 2.84. The van der Waals surface area contributed by atoms with E-state index in [1.54, 1.807) is 0 Å². The van der Waals surface area contributed by atoms with E-state index in [-0.39, 0.29) is 12.3 Å². The van der Waals surface area contributed by atoms with Crippen LogP contribution in [0.15, 0.2) is 18.2 Å². The predicted molar refractivity (Wildman–Crippen MR) is 88.7 cm³/mol. The third kappa shape index (κ3) is 6.60. The van der Waals surface area contributed by atoms with Crippen LogP contribution in [0.1, 0.15) is 43.9 Å². The Morgan fingerprint density at radius 1 is 0.952 bits per heavy atom. The second kappa shape index (κ2) is 9.93. The van der Waals surface area contributed by atoms with Gasteiger partial charge in [-0.25, -0.2) is 0 Å². The summed E-state index contributed by atoms with van der Waals surface area (Å²) in [5, 5.41) is 3.58. The molecule has 1 aromatic rings. The lowest BCUT2D eigenvalue weighted by Crippen LogP contribution is -2.45. The molecule has 0 aliphatic rings. The van der Waals surface area contributed by atoms with E-state index in [4.69, 9.17) is 9.47 Å². The van der Waals surface area contributed by atoms with Crippen LogP contribution in [0.2, 0.25) is 0 Å².